The molecule has 24 heteroatoms. The predicted molar refractivity (Wildman–Crippen MR) is 197 cm³/mol. The summed E-state index contributed by atoms with van der Waals surface area (Å²) in [5, 5.41) is 49.8. The molecule has 8 N–H and O–H groups in total. The van der Waals surface area contributed by atoms with Crippen molar-refractivity contribution in [3.63, 3.8) is 0 Å². The van der Waals surface area contributed by atoms with E-state index >= 15 is 0 Å². The Morgan fingerprint density at radius 2 is 1.41 bits per heavy atom. The Morgan fingerprint density at radius 3 is 2.00 bits per heavy atom. The normalized spacial score (nSPS) is 26.6. The Hall–Kier alpha value is -3.04. The van der Waals surface area contributed by atoms with E-state index in [1.165, 1.54) is 12.7 Å². The Labute approximate surface area is 318 Å². The van der Waals surface area contributed by atoms with Crippen LogP contribution < -0.4 is 11.1 Å². The van der Waals surface area contributed by atoms with Crippen molar-refractivity contribution >= 4 is 41.0 Å². The van der Waals surface area contributed by atoms with E-state index in [1.54, 1.807) is 19.5 Å². The van der Waals surface area contributed by atoms with Crippen molar-refractivity contribution in [1.82, 2.24) is 24.9 Å². The van der Waals surface area contributed by atoms with Crippen LogP contribution in [-0.4, -0.2) is 141 Å². The molecule has 0 aromatic carbocycles. The van der Waals surface area contributed by atoms with Crippen LogP contribution >= 0.6 is 14.3 Å². The molecule has 3 aromatic rings. The fourth-order valence-corrected chi connectivity index (χ4v) is 8.91. The number of allylic oxidation sites excluding steroid dienone is 1. The van der Waals surface area contributed by atoms with Crippen LogP contribution in [0, 0.1) is 17.8 Å². The number of aliphatic hydroxyl groups excluding tert-OH is 5. The van der Waals surface area contributed by atoms with Crippen LogP contribution in [0.15, 0.2) is 34.5 Å². The van der Waals surface area contributed by atoms with Gasteiger partial charge in [-0.2, -0.15) is 21.6 Å². The highest BCUT2D eigenvalue weighted by Crippen LogP contribution is 2.44. The first-order valence-corrected chi connectivity index (χ1v) is 24.1. The second-order valence-corrected chi connectivity index (χ2v) is 23.2. The lowest BCUT2D eigenvalue weighted by atomic mass is 9.93. The van der Waals surface area contributed by atoms with Crippen molar-refractivity contribution in [3.05, 3.63) is 62.5 Å². The summed E-state index contributed by atoms with van der Waals surface area (Å²) in [4.78, 5) is 39.6. The maximum Gasteiger partial charge on any atom is 0.523 e. The van der Waals surface area contributed by atoms with Gasteiger partial charge in [0.2, 0.25) is 0 Å². The van der Waals surface area contributed by atoms with Gasteiger partial charge in [-0.15, -0.1) is 0 Å². The lowest BCUT2D eigenvalue weighted by Crippen LogP contribution is -2.30. The van der Waals surface area contributed by atoms with Gasteiger partial charge in [-0.05, 0) is 51.5 Å². The first-order chi connectivity index (χ1) is 25.9. The third-order valence-corrected chi connectivity index (χ3v) is 12.1. The van der Waals surface area contributed by atoms with E-state index in [2.05, 4.69) is 29.1 Å². The minimum atomic E-state index is -5.60. The van der Waals surface area contributed by atoms with Gasteiger partial charge in [0.25, 0.3) is 11.1 Å². The largest absolute Gasteiger partial charge is 0.523 e. The van der Waals surface area contributed by atoms with Gasteiger partial charge < -0.3 is 54.4 Å². The number of hydrogen-bond acceptors (Lipinski definition) is 15. The van der Waals surface area contributed by atoms with E-state index in [0.29, 0.717) is 47.1 Å². The zero-order chi connectivity index (χ0) is 42.0. The van der Waals surface area contributed by atoms with Gasteiger partial charge in [-0.1, -0.05) is 6.08 Å². The molecule has 0 radical (unpaired) electrons. The second-order valence-electron chi connectivity index (χ2n) is 14.8. The molecule has 3 aromatic heterocycles. The molecule has 18 nitrogen and oxygen atoms in total. The van der Waals surface area contributed by atoms with Gasteiger partial charge in [0, 0.05) is 47.6 Å². The molecule has 3 aliphatic carbocycles. The minimum absolute atomic E-state index is 0.166. The molecule has 56 heavy (non-hydrogen) atoms. The van der Waals surface area contributed by atoms with Gasteiger partial charge in [-0.3, -0.25) is 13.8 Å². The van der Waals surface area contributed by atoms with Crippen LogP contribution in [0.4, 0.5) is 13.2 Å². The summed E-state index contributed by atoms with van der Waals surface area (Å²) in [5.41, 5.74) is -2.31. The molecule has 3 heterocycles. The maximum absolute atomic E-state index is 11.8. The first kappa shape index (κ1) is 45.7. The van der Waals surface area contributed by atoms with Crippen molar-refractivity contribution in [2.75, 3.05) is 52.6 Å². The summed E-state index contributed by atoms with van der Waals surface area (Å²) in [5.74, 6) is -1.20. The summed E-state index contributed by atoms with van der Waals surface area (Å²) in [6.45, 7) is 5.63. The molecule has 3 aliphatic rings. The highest BCUT2D eigenvalue weighted by atomic mass is 32.2. The fraction of sp³-hybridized carbons (Fsp3) is 0.625. The molecule has 0 amide bonds. The number of hydrogen-bond donors (Lipinski definition) is 8. The number of H-pyrrole nitrogens is 3. The zero-order valence-electron chi connectivity index (χ0n) is 30.7. The molecular weight excluding hydrogens is 813 g/mol. The number of aromatic nitrogens is 5. The highest BCUT2D eigenvalue weighted by Gasteiger charge is 2.48. The molecule has 8 atom stereocenters. The monoisotopic (exact) mass is 859 g/mol. The molecule has 0 aliphatic heterocycles. The second kappa shape index (κ2) is 17.8. The van der Waals surface area contributed by atoms with Crippen LogP contribution in [0.2, 0.25) is 0 Å². The molecule has 0 spiro atoms. The van der Waals surface area contributed by atoms with Crippen LogP contribution in [0.3, 0.4) is 0 Å². The predicted octanol–water partition coefficient (Wildman–Crippen LogP) is 1.17. The third-order valence-electron chi connectivity index (χ3n) is 9.42. The Morgan fingerprint density at radius 1 is 0.839 bits per heavy atom. The number of halogens is 3. The molecule has 2 saturated carbocycles. The van der Waals surface area contributed by atoms with E-state index in [-0.39, 0.29) is 54.4 Å². The number of alkyl halides is 3. The Kier molecular flexibility index (Phi) is 14.5. The smallest absolute Gasteiger partial charge is 0.396 e. The quantitative estimate of drug-likeness (QED) is 0.0807. The van der Waals surface area contributed by atoms with Gasteiger partial charge in [0.1, 0.15) is 26.1 Å². The molecule has 6 rings (SSSR count). The fourth-order valence-electron chi connectivity index (χ4n) is 6.66. The van der Waals surface area contributed by atoms with Gasteiger partial charge >= 0.3 is 15.6 Å². The van der Waals surface area contributed by atoms with E-state index in [4.69, 9.17) is 4.74 Å². The summed E-state index contributed by atoms with van der Waals surface area (Å²) < 4.78 is 86.8. The Bertz CT molecular complexity index is 2200. The molecule has 0 saturated heterocycles. The first-order valence-electron chi connectivity index (χ1n) is 17.1. The number of aliphatic hydroxyl groups is 5. The summed E-state index contributed by atoms with van der Waals surface area (Å²) >= 11 is 0. The Balaban J connectivity index is 0.000000196. The van der Waals surface area contributed by atoms with E-state index in [9.17, 15) is 65.8 Å². The number of fused-ring (bicyclic) bond motifs is 2. The average Bonchev–Trinajstić information content (AvgIpc) is 3.86. The molecule has 0 unspecified atom stereocenters. The standard InChI is InChI=1S/C16H23N2O5P.C12H15N3O4.C4H8F3O4PS/c1-24(2,22)8-23-6-9-5-12(15(20)14(9)19)10-3-4-11-13(10)17-7-18-16(11)21;16-3-5-1-6(11(18)10(5)17)7-2-13-9-8(7)14-4-15-12(9)19;1-12(2,8)3-11-13(9,10)4(5,6)7/h3,7,9,12,14-15,19-20H,4-6,8H2,1-2H3,(H,17,18,21);2,4-6,10-11,13,16-18H,1,3H2,(H,14,15,19);3H2,1-2H3/t9-,12+,14-,15+;5-,6+,10-,11+;/m11./s1. The minimum Gasteiger partial charge on any atom is -0.396 e. The van der Waals surface area contributed by atoms with E-state index in [0.717, 1.165) is 18.9 Å². The van der Waals surface area contributed by atoms with Crippen molar-refractivity contribution in [2.24, 2.45) is 17.8 Å². The number of rotatable bonds is 10. The number of nitrogens with zero attached hydrogens (tertiary/aromatic N) is 2. The molecule has 0 bridgehead atoms. The topological polar surface area (TPSA) is 295 Å². The van der Waals surface area contributed by atoms with Gasteiger partial charge in [-0.25, -0.2) is 9.97 Å². The van der Waals surface area contributed by atoms with Crippen molar-refractivity contribution in [3.8, 4) is 0 Å². The molecule has 2 fully saturated rings. The van der Waals surface area contributed by atoms with E-state index in [1.807, 2.05) is 6.08 Å². The average molecular weight is 860 g/mol. The van der Waals surface area contributed by atoms with Crippen molar-refractivity contribution < 1.29 is 65.2 Å². The summed E-state index contributed by atoms with van der Waals surface area (Å²) in [6.07, 6.45) is 3.18. The third kappa shape index (κ3) is 10.9. The van der Waals surface area contributed by atoms with Crippen molar-refractivity contribution in [2.45, 2.75) is 55.1 Å². The van der Waals surface area contributed by atoms with Gasteiger partial charge in [0.15, 0.2) is 0 Å². The SMILES string of the molecule is CP(C)(=O)COC[C@H]1C[C@@H](C2=CCc3c2nc[nH]c3=O)[C@H](O)[C@@H]1O.CP(C)(=O)COS(=O)(=O)C(F)(F)F.O=c1[nH]cnc2c([C@@H]3C[C@H](CO)[C@@H](O)[C@H]3O)c[nH]c12. The molecule has 314 valence electrons. The highest BCUT2D eigenvalue weighted by molar-refractivity contribution is 7.87. The summed E-state index contributed by atoms with van der Waals surface area (Å²) in [7, 11) is -10.8. The van der Waals surface area contributed by atoms with Crippen LogP contribution in [0.5, 0.6) is 0 Å². The molecular formula is C32H46F3N5O13P2S. The number of nitrogens with one attached hydrogen (secondary N) is 3. The van der Waals surface area contributed by atoms with Gasteiger partial charge in [0.05, 0.1) is 61.2 Å². The van der Waals surface area contributed by atoms with Crippen molar-refractivity contribution in [1.29, 1.82) is 0 Å². The maximum atomic E-state index is 11.8. The summed E-state index contributed by atoms with van der Waals surface area (Å²) in [6, 6.07) is 0. The zero-order valence-corrected chi connectivity index (χ0v) is 33.3. The number of ether oxygens (including phenoxy) is 1. The van der Waals surface area contributed by atoms with Crippen LogP contribution in [0.25, 0.3) is 16.6 Å². The van der Waals surface area contributed by atoms with Crippen LogP contribution in [-0.2, 0) is 34.6 Å². The lowest BCUT2D eigenvalue weighted by molar-refractivity contribution is -0.0531. The lowest BCUT2D eigenvalue weighted by Gasteiger charge is -2.18. The van der Waals surface area contributed by atoms with E-state index < -0.39 is 60.7 Å². The van der Waals surface area contributed by atoms with Crippen LogP contribution in [0.1, 0.15) is 35.6 Å². The number of aromatic amines is 3.